The van der Waals surface area contributed by atoms with Crippen LogP contribution >= 0.6 is 0 Å². The second-order valence-corrected chi connectivity index (χ2v) is 25.3. The molecule has 194 valence electrons. The summed E-state index contributed by atoms with van der Waals surface area (Å²) in [5, 5.41) is 4.71. The van der Waals surface area contributed by atoms with Crippen LogP contribution in [0.3, 0.4) is 0 Å². The Morgan fingerprint density at radius 2 is 1.59 bits per heavy atom. The van der Waals surface area contributed by atoms with E-state index in [1.165, 1.54) is 48.5 Å². The molecule has 0 aliphatic carbocycles. The maximum absolute atomic E-state index is 9.24. The topological polar surface area (TPSA) is 13.1 Å². The van der Waals surface area contributed by atoms with E-state index < -0.39 is 13.3 Å². The van der Waals surface area contributed by atoms with Gasteiger partial charge in [-0.05, 0) is 0 Å². The fraction of sp³-hybridized carbons (Fsp3) is 0.441. The van der Waals surface area contributed by atoms with Gasteiger partial charge in [-0.3, -0.25) is 0 Å². The number of hydrogen-bond acceptors (Lipinski definition) is 1. The van der Waals surface area contributed by atoms with Crippen molar-refractivity contribution in [3.8, 4) is 22.8 Å². The molecular formula is C34H44GeNO+. The van der Waals surface area contributed by atoms with E-state index in [9.17, 15) is 1.37 Å². The van der Waals surface area contributed by atoms with Gasteiger partial charge < -0.3 is 0 Å². The van der Waals surface area contributed by atoms with Crippen LogP contribution in [0.15, 0.2) is 42.6 Å². The number of ether oxygens (including phenoxy) is 1. The van der Waals surface area contributed by atoms with Crippen molar-refractivity contribution >= 4 is 39.2 Å². The number of aryl methyl sites for hydroxylation is 2. The Hall–Kier alpha value is -2.33. The predicted molar refractivity (Wildman–Crippen MR) is 162 cm³/mol. The Balaban J connectivity index is 1.94. The summed E-state index contributed by atoms with van der Waals surface area (Å²) in [7, 11) is 2.15. The Labute approximate surface area is 227 Å². The van der Waals surface area contributed by atoms with Crippen LogP contribution in [0.1, 0.15) is 59.6 Å². The van der Waals surface area contributed by atoms with Gasteiger partial charge in [-0.2, -0.15) is 0 Å². The van der Waals surface area contributed by atoms with Gasteiger partial charge in [0.15, 0.2) is 0 Å². The summed E-state index contributed by atoms with van der Waals surface area (Å²) in [5.74, 6) is 9.26. The second kappa shape index (κ2) is 8.59. The van der Waals surface area contributed by atoms with Crippen LogP contribution in [0.4, 0.5) is 0 Å². The molecule has 0 radical (unpaired) electrons. The van der Waals surface area contributed by atoms with Crippen molar-refractivity contribution in [3.05, 3.63) is 59.3 Å². The van der Waals surface area contributed by atoms with Crippen molar-refractivity contribution in [2.24, 2.45) is 17.9 Å². The average Bonchev–Trinajstić information content (AvgIpc) is 2.75. The van der Waals surface area contributed by atoms with E-state index in [1.807, 2.05) is 0 Å². The van der Waals surface area contributed by atoms with E-state index in [0.717, 1.165) is 29.7 Å². The van der Waals surface area contributed by atoms with E-state index in [4.69, 9.17) is 4.74 Å². The third-order valence-electron chi connectivity index (χ3n) is 7.54. The SMILES string of the molecule is [2H]c1cc(CC(C)(C)C)cc2c(C)c3c(c(CC(C)(C)C)c12)Oc1c[c]([Ge]([CH3])([CH3])[CH3])cc2cc[n+](C)c-3c12. The monoisotopic (exact) mass is 557 g/mol. The number of pyridine rings is 1. The quantitative estimate of drug-likeness (QED) is 0.160. The Bertz CT molecular complexity index is 1610. The van der Waals surface area contributed by atoms with Crippen LogP contribution in [0.5, 0.6) is 11.5 Å². The maximum atomic E-state index is 9.24. The van der Waals surface area contributed by atoms with Crippen LogP contribution in [0, 0.1) is 17.8 Å². The molecule has 3 heteroatoms. The fourth-order valence-electron chi connectivity index (χ4n) is 5.86. The van der Waals surface area contributed by atoms with Crippen LogP contribution in [-0.4, -0.2) is 13.3 Å². The molecular weight excluding hydrogens is 511 g/mol. The molecule has 1 aliphatic rings. The van der Waals surface area contributed by atoms with Crippen molar-refractivity contribution in [1.29, 1.82) is 0 Å². The molecule has 2 heterocycles. The Morgan fingerprint density at radius 1 is 0.919 bits per heavy atom. The Morgan fingerprint density at radius 3 is 2.22 bits per heavy atom. The molecule has 37 heavy (non-hydrogen) atoms. The van der Waals surface area contributed by atoms with Gasteiger partial charge in [0.25, 0.3) is 0 Å². The van der Waals surface area contributed by atoms with Crippen LogP contribution in [-0.2, 0) is 19.9 Å². The van der Waals surface area contributed by atoms with Crippen molar-refractivity contribution in [2.45, 2.75) is 78.6 Å². The van der Waals surface area contributed by atoms with Crippen LogP contribution in [0.25, 0.3) is 32.8 Å². The summed E-state index contributed by atoms with van der Waals surface area (Å²) in [6.45, 7) is 15.9. The summed E-state index contributed by atoms with van der Waals surface area (Å²) in [6.07, 6.45) is 4.00. The standard InChI is InChI=1S/C34H44GeNO/c1-21-26-16-22(19-33(2,3)4)12-13-25(26)27(20-34(5,6)7)32-29(21)31-30-23(14-15-36(31)11)17-24(35(8,9)10)18-28(30)37-32/h12-18H,19-20H2,1-11H3/q+1/i13D. The molecule has 2 nitrogen and oxygen atoms in total. The molecule has 3 aromatic carbocycles. The predicted octanol–water partition coefficient (Wildman–Crippen LogP) is 8.62. The first kappa shape index (κ1) is 25.0. The molecule has 0 unspecified atom stereocenters. The van der Waals surface area contributed by atoms with Crippen molar-refractivity contribution in [1.82, 2.24) is 0 Å². The van der Waals surface area contributed by atoms with Gasteiger partial charge >= 0.3 is 208 Å². The molecule has 0 amide bonds. The summed E-state index contributed by atoms with van der Waals surface area (Å²) in [5.41, 5.74) is 6.25. The molecule has 1 aliphatic heterocycles. The summed E-state index contributed by atoms with van der Waals surface area (Å²) in [6, 6.07) is 12.0. The summed E-state index contributed by atoms with van der Waals surface area (Å²) in [4.78, 5) is 0. The zero-order valence-corrected chi connectivity index (χ0v) is 26.8. The van der Waals surface area contributed by atoms with Crippen molar-refractivity contribution in [3.63, 3.8) is 0 Å². The number of rotatable bonds is 3. The number of fused-ring (bicyclic) bond motifs is 3. The molecule has 4 aromatic rings. The first-order valence-corrected chi connectivity index (χ1v) is 21.0. The molecule has 0 saturated heterocycles. The molecule has 0 N–H and O–H groups in total. The minimum atomic E-state index is -2.10. The summed E-state index contributed by atoms with van der Waals surface area (Å²) >= 11 is -2.10. The molecule has 1 aromatic heterocycles. The van der Waals surface area contributed by atoms with Gasteiger partial charge in [0, 0.05) is 0 Å². The van der Waals surface area contributed by atoms with E-state index in [2.05, 4.69) is 114 Å². The van der Waals surface area contributed by atoms with Gasteiger partial charge in [0.05, 0.1) is 0 Å². The number of benzene rings is 3. The number of nitrogens with zero attached hydrogens (tertiary/aromatic N) is 1. The molecule has 0 saturated carbocycles. The third kappa shape index (κ3) is 4.82. The van der Waals surface area contributed by atoms with E-state index >= 15 is 0 Å². The second-order valence-electron chi connectivity index (χ2n) is 14.6. The Kier molecular flexibility index (Phi) is 5.80. The molecule has 0 atom stereocenters. The normalized spacial score (nSPS) is 14.1. The number of aromatic nitrogens is 1. The van der Waals surface area contributed by atoms with Gasteiger partial charge in [-0.15, -0.1) is 0 Å². The number of hydrogen-bond donors (Lipinski definition) is 0. The van der Waals surface area contributed by atoms with Crippen molar-refractivity contribution in [2.75, 3.05) is 0 Å². The van der Waals surface area contributed by atoms with E-state index in [-0.39, 0.29) is 10.8 Å². The van der Waals surface area contributed by atoms with Gasteiger partial charge in [0.2, 0.25) is 0 Å². The molecule has 0 fully saturated rings. The average molecular weight is 556 g/mol. The van der Waals surface area contributed by atoms with E-state index in [1.54, 1.807) is 0 Å². The summed E-state index contributed by atoms with van der Waals surface area (Å²) < 4.78 is 20.0. The van der Waals surface area contributed by atoms with Crippen LogP contribution < -0.4 is 13.7 Å². The zero-order chi connectivity index (χ0) is 27.9. The van der Waals surface area contributed by atoms with Gasteiger partial charge in [-0.25, -0.2) is 0 Å². The van der Waals surface area contributed by atoms with E-state index in [0.29, 0.717) is 6.04 Å². The first-order valence-electron chi connectivity index (χ1n) is 14.2. The van der Waals surface area contributed by atoms with Gasteiger partial charge in [0.1, 0.15) is 0 Å². The fourth-order valence-corrected chi connectivity index (χ4v) is 8.28. The molecule has 0 spiro atoms. The molecule has 5 rings (SSSR count). The first-order chi connectivity index (χ1) is 17.4. The third-order valence-corrected chi connectivity index (χ3v) is 11.8. The van der Waals surface area contributed by atoms with Crippen LogP contribution in [0.2, 0.25) is 17.3 Å². The van der Waals surface area contributed by atoms with Gasteiger partial charge in [-0.1, -0.05) is 20.8 Å². The zero-order valence-electron chi connectivity index (χ0n) is 25.7. The minimum absolute atomic E-state index is 0.0485. The molecule has 0 bridgehead atoms. The van der Waals surface area contributed by atoms with Crippen molar-refractivity contribution < 1.29 is 10.7 Å².